The fourth-order valence-corrected chi connectivity index (χ4v) is 9.09. The van der Waals surface area contributed by atoms with Crippen LogP contribution in [0.5, 0.6) is 11.5 Å². The largest absolute Gasteiger partial charge is 0.497 e. The summed E-state index contributed by atoms with van der Waals surface area (Å²) in [7, 11) is 3.21. The number of methoxy groups -OCH3 is 2. The van der Waals surface area contributed by atoms with E-state index in [1.54, 1.807) is 45.4 Å². The van der Waals surface area contributed by atoms with Crippen molar-refractivity contribution in [2.24, 2.45) is 0 Å². The van der Waals surface area contributed by atoms with Gasteiger partial charge in [0.25, 0.3) is 0 Å². The van der Waals surface area contributed by atoms with E-state index >= 15 is 0 Å². The molecule has 4 aromatic carbocycles. The molecule has 19 heteroatoms. The number of amides is 1. The number of alkyl halides is 6. The van der Waals surface area contributed by atoms with Crippen LogP contribution < -0.4 is 25.0 Å². The molecule has 1 unspecified atom stereocenters. The minimum atomic E-state index is -4.55. The number of furan rings is 2. The van der Waals surface area contributed by atoms with Crippen molar-refractivity contribution in [3.63, 3.8) is 0 Å². The van der Waals surface area contributed by atoms with E-state index in [2.05, 4.69) is 9.97 Å². The van der Waals surface area contributed by atoms with Crippen LogP contribution in [-0.4, -0.2) is 45.8 Å². The number of ketones is 1. The first-order chi connectivity index (χ1) is 35.4. The third kappa shape index (κ3) is 10.8. The first-order valence-electron chi connectivity index (χ1n) is 23.2. The quantitative estimate of drug-likeness (QED) is 0.109. The number of Topliss-reactive ketones (excluding diaryl/α,β-unsaturated/α-hetero) is 1. The van der Waals surface area contributed by atoms with E-state index in [-0.39, 0.29) is 60.4 Å². The number of ether oxygens (including phenoxy) is 2. The Morgan fingerprint density at radius 1 is 0.635 bits per heavy atom. The molecule has 0 saturated carbocycles. The fourth-order valence-electron chi connectivity index (χ4n) is 9.09. The Balaban J connectivity index is 0.000000205. The topological polar surface area (TPSA) is 163 Å². The summed E-state index contributed by atoms with van der Waals surface area (Å²) in [6.45, 7) is 4.11. The van der Waals surface area contributed by atoms with E-state index in [4.69, 9.17) is 34.0 Å². The molecule has 0 saturated heterocycles. The number of rotatable bonds is 13. The van der Waals surface area contributed by atoms with Crippen molar-refractivity contribution in [2.75, 3.05) is 29.8 Å². The summed E-state index contributed by atoms with van der Waals surface area (Å²) in [6.07, 6.45) is -9.25. The number of carbonyl (C=O) groups excluding carboxylic acids is 2. The maximum Gasteiger partial charge on any atom is 0.416 e. The monoisotopic (exact) mass is 1020 g/mol. The number of nitrogens with two attached hydrogens (primary N) is 1. The molecular formula is C55H47F6N7O6. The lowest BCUT2D eigenvalue weighted by atomic mass is 9.93. The van der Waals surface area contributed by atoms with Gasteiger partial charge in [-0.15, -0.1) is 0 Å². The zero-order chi connectivity index (χ0) is 52.5. The highest BCUT2D eigenvalue weighted by Gasteiger charge is 2.41. The standard InChI is InChI=1S/C36H32F3N3O4.C19H15F3N4O2/c1-22-8-17-32(46-22)34-29-19-31(43)28(18-25-6-4-5-7-30(25)36(37,38)39)33(29)40-35(41-34)42(20-23-9-13-26(44-2)14-10-23)21-24-11-15-27(45-3)16-12-24;1-10-6-7-14(28-10)16-12-8-15(27)26(17(12)25-18(23)24-16)9-11-4-2-3-5-13(11)19(20,21)22/h4-17,28H,18-21H2,1-3H3;2-7H,8-9H2,1H3,(H2,23,24,25). The fraction of sp³-hybridized carbons (Fsp3) is 0.236. The number of nitrogen functional groups attached to an aromatic ring is 1. The van der Waals surface area contributed by atoms with E-state index in [0.717, 1.165) is 34.8 Å². The van der Waals surface area contributed by atoms with Gasteiger partial charge in [0.1, 0.15) is 46.0 Å². The number of carbonyl (C=O) groups is 2. The lowest BCUT2D eigenvalue weighted by molar-refractivity contribution is -0.139. The first kappa shape index (κ1) is 50.5. The predicted octanol–water partition coefficient (Wildman–Crippen LogP) is 11.5. The van der Waals surface area contributed by atoms with E-state index in [1.165, 1.54) is 35.2 Å². The van der Waals surface area contributed by atoms with E-state index in [1.807, 2.05) is 66.4 Å². The van der Waals surface area contributed by atoms with Crippen LogP contribution in [0.25, 0.3) is 22.9 Å². The summed E-state index contributed by atoms with van der Waals surface area (Å²) >= 11 is 0. The van der Waals surface area contributed by atoms with Gasteiger partial charge in [0.15, 0.2) is 11.5 Å². The summed E-state index contributed by atoms with van der Waals surface area (Å²) in [5.74, 6) is 2.63. The smallest absolute Gasteiger partial charge is 0.416 e. The van der Waals surface area contributed by atoms with Gasteiger partial charge in [-0.1, -0.05) is 60.7 Å². The number of nitrogens with zero attached hydrogens (tertiary/aromatic N) is 6. The molecule has 2 aliphatic rings. The molecule has 0 fully saturated rings. The third-order valence-corrected chi connectivity index (χ3v) is 12.7. The molecule has 1 atom stereocenters. The Labute approximate surface area is 420 Å². The second-order valence-electron chi connectivity index (χ2n) is 17.7. The molecule has 380 valence electrons. The predicted molar refractivity (Wildman–Crippen MR) is 262 cm³/mol. The summed E-state index contributed by atoms with van der Waals surface area (Å²) in [5.41, 5.74) is 8.50. The van der Waals surface area contributed by atoms with Gasteiger partial charge in [-0.2, -0.15) is 31.3 Å². The minimum Gasteiger partial charge on any atom is -0.497 e. The molecule has 0 bridgehead atoms. The van der Waals surface area contributed by atoms with Gasteiger partial charge in [0.05, 0.1) is 49.9 Å². The third-order valence-electron chi connectivity index (χ3n) is 12.7. The Kier molecular flexibility index (Phi) is 14.0. The lowest BCUT2D eigenvalue weighted by Crippen LogP contribution is -2.28. The summed E-state index contributed by atoms with van der Waals surface area (Å²) < 4.78 is 104. The normalized spacial score (nSPS) is 14.1. The highest BCUT2D eigenvalue weighted by molar-refractivity contribution is 6.02. The van der Waals surface area contributed by atoms with Crippen LogP contribution in [0.3, 0.4) is 0 Å². The second-order valence-corrected chi connectivity index (χ2v) is 17.7. The Hall–Kier alpha value is -8.48. The molecule has 8 aromatic rings. The summed E-state index contributed by atoms with van der Waals surface area (Å²) in [5, 5.41) is 0. The number of fused-ring (bicyclic) bond motifs is 2. The van der Waals surface area contributed by atoms with Gasteiger partial charge in [0, 0.05) is 30.6 Å². The minimum absolute atomic E-state index is 0.000501. The molecule has 1 aliphatic heterocycles. The molecule has 0 spiro atoms. The highest BCUT2D eigenvalue weighted by Crippen LogP contribution is 2.42. The molecule has 10 rings (SSSR count). The number of aromatic nitrogens is 4. The van der Waals surface area contributed by atoms with Crippen LogP contribution >= 0.6 is 0 Å². The Morgan fingerprint density at radius 3 is 1.66 bits per heavy atom. The molecule has 2 N–H and O–H groups in total. The molecule has 13 nitrogen and oxygen atoms in total. The van der Waals surface area contributed by atoms with Crippen molar-refractivity contribution >= 4 is 29.4 Å². The molecule has 1 aliphatic carbocycles. The van der Waals surface area contributed by atoms with Crippen molar-refractivity contribution in [1.82, 2.24) is 19.9 Å². The van der Waals surface area contributed by atoms with Crippen molar-refractivity contribution in [3.05, 3.63) is 183 Å². The SMILES string of the molecule is COc1ccc(CN(Cc2ccc(OC)cc2)c2nc(-c3ccc(C)o3)c3c(n2)C(Cc2ccccc2C(F)(F)F)C(=O)C3)cc1.Cc1ccc(-c2nc(N)nc3c2CC(=O)N3Cc2ccccc2C(F)(F)F)o1. The molecule has 1 amide bonds. The maximum atomic E-state index is 13.9. The molecule has 4 aromatic heterocycles. The number of hydrogen-bond acceptors (Lipinski definition) is 12. The molecule has 5 heterocycles. The van der Waals surface area contributed by atoms with Gasteiger partial charge in [-0.25, -0.2) is 15.0 Å². The summed E-state index contributed by atoms with van der Waals surface area (Å²) in [4.78, 5) is 47.5. The molecular weight excluding hydrogens is 969 g/mol. The number of hydrogen-bond donors (Lipinski definition) is 1. The average molecular weight is 1020 g/mol. The number of halogens is 6. The first-order valence-corrected chi connectivity index (χ1v) is 23.2. The van der Waals surface area contributed by atoms with E-state index in [0.29, 0.717) is 70.3 Å². The Morgan fingerprint density at radius 2 is 1.15 bits per heavy atom. The second kappa shape index (κ2) is 20.6. The van der Waals surface area contributed by atoms with Crippen LogP contribution in [0, 0.1) is 13.8 Å². The van der Waals surface area contributed by atoms with Crippen molar-refractivity contribution in [2.45, 2.75) is 71.0 Å². The lowest BCUT2D eigenvalue weighted by Gasteiger charge is -2.25. The van der Waals surface area contributed by atoms with E-state index < -0.39 is 29.4 Å². The van der Waals surface area contributed by atoms with Crippen LogP contribution in [0.1, 0.15) is 67.6 Å². The Bertz CT molecular complexity index is 3300. The van der Waals surface area contributed by atoms with Gasteiger partial charge >= 0.3 is 12.4 Å². The van der Waals surface area contributed by atoms with Crippen LogP contribution in [-0.2, 0) is 60.8 Å². The van der Waals surface area contributed by atoms with E-state index in [9.17, 15) is 35.9 Å². The van der Waals surface area contributed by atoms with Crippen LogP contribution in [0.4, 0.5) is 44.1 Å². The molecule has 0 radical (unpaired) electrons. The zero-order valence-corrected chi connectivity index (χ0v) is 40.3. The van der Waals surface area contributed by atoms with Gasteiger partial charge in [-0.3, -0.25) is 14.5 Å². The number of benzene rings is 4. The zero-order valence-electron chi connectivity index (χ0n) is 40.3. The van der Waals surface area contributed by atoms with Gasteiger partial charge in [0.2, 0.25) is 17.8 Å². The summed E-state index contributed by atoms with van der Waals surface area (Å²) in [6, 6.07) is 32.8. The van der Waals surface area contributed by atoms with Crippen molar-refractivity contribution in [1.29, 1.82) is 0 Å². The number of anilines is 3. The van der Waals surface area contributed by atoms with Crippen molar-refractivity contribution < 1.29 is 54.2 Å². The number of aryl methyl sites for hydroxylation is 2. The van der Waals surface area contributed by atoms with Crippen molar-refractivity contribution in [3.8, 4) is 34.4 Å². The highest BCUT2D eigenvalue weighted by atomic mass is 19.4. The van der Waals surface area contributed by atoms with Gasteiger partial charge in [-0.05, 0) is 103 Å². The maximum absolute atomic E-state index is 13.9. The average Bonchev–Trinajstić information content (AvgIpc) is 4.16. The van der Waals surface area contributed by atoms with Crippen LogP contribution in [0.15, 0.2) is 130 Å². The molecule has 74 heavy (non-hydrogen) atoms. The van der Waals surface area contributed by atoms with Gasteiger partial charge < -0.3 is 28.9 Å². The van der Waals surface area contributed by atoms with Crippen LogP contribution in [0.2, 0.25) is 0 Å².